The molecular formula is C18H21NO5. The first-order chi connectivity index (χ1) is 11.6. The minimum absolute atomic E-state index is 0.0931. The topological polar surface area (TPSA) is 60.4 Å². The van der Waals surface area contributed by atoms with Gasteiger partial charge < -0.3 is 24.1 Å². The Hall–Kier alpha value is -1.60. The lowest BCUT2D eigenvalue weighted by Crippen LogP contribution is -2.52. The first kappa shape index (κ1) is 14.7. The maximum atomic E-state index is 10.5. The largest absolute Gasteiger partial charge is 0.454 e. The Labute approximate surface area is 140 Å². The van der Waals surface area contributed by atoms with Gasteiger partial charge in [-0.05, 0) is 31.2 Å². The molecule has 1 saturated heterocycles. The molecule has 1 aromatic rings. The fourth-order valence-electron chi connectivity index (χ4n) is 4.82. The summed E-state index contributed by atoms with van der Waals surface area (Å²) in [5.74, 6) is 1.41. The summed E-state index contributed by atoms with van der Waals surface area (Å²) < 4.78 is 22.6. The molecule has 0 aromatic heterocycles. The Balaban J connectivity index is 1.73. The summed E-state index contributed by atoms with van der Waals surface area (Å²) in [5, 5.41) is 10.5. The van der Waals surface area contributed by atoms with Gasteiger partial charge in [-0.15, -0.1) is 0 Å². The number of likely N-dealkylation sites (N-methyl/N-ethyl adjacent to an activating group) is 1. The van der Waals surface area contributed by atoms with E-state index in [4.69, 9.17) is 18.9 Å². The molecule has 4 aliphatic rings. The molecule has 3 heterocycles. The third-order valence-corrected chi connectivity index (χ3v) is 5.99. The van der Waals surface area contributed by atoms with Crippen LogP contribution in [0.5, 0.6) is 11.5 Å². The third kappa shape index (κ3) is 1.74. The Bertz CT molecular complexity index is 720. The lowest BCUT2D eigenvalue weighted by molar-refractivity contribution is -0.160. The zero-order valence-electron chi connectivity index (χ0n) is 13.8. The first-order valence-corrected chi connectivity index (χ1v) is 8.33. The van der Waals surface area contributed by atoms with Crippen molar-refractivity contribution in [2.45, 2.75) is 36.4 Å². The van der Waals surface area contributed by atoms with Crippen LogP contribution < -0.4 is 9.47 Å². The molecule has 0 saturated carbocycles. The van der Waals surface area contributed by atoms with Crippen LogP contribution in [0.1, 0.15) is 23.8 Å². The number of fused-ring (bicyclic) bond motifs is 2. The Morgan fingerprint density at radius 1 is 1.29 bits per heavy atom. The molecule has 1 fully saturated rings. The smallest absolute Gasteiger partial charge is 0.231 e. The van der Waals surface area contributed by atoms with Crippen LogP contribution in [-0.2, 0) is 14.9 Å². The standard InChI is InChI=1S/C18H21NO5/c1-19-8-16-18(4-3-10(21-2)5-15(18)19)12-7-14-13(22-9-23-14)6-11(12)17(20)24-16/h3-4,6-7,10,15-17,20H,5,8-9H2,1-2H3/t10-,15+,16+,17?,18?/m1/s1. The van der Waals surface area contributed by atoms with Gasteiger partial charge in [-0.25, -0.2) is 0 Å². The summed E-state index contributed by atoms with van der Waals surface area (Å²) >= 11 is 0. The minimum atomic E-state index is -0.939. The highest BCUT2D eigenvalue weighted by Crippen LogP contribution is 2.54. The van der Waals surface area contributed by atoms with Crippen LogP contribution in [0.15, 0.2) is 24.3 Å². The van der Waals surface area contributed by atoms with E-state index in [1.54, 1.807) is 7.11 Å². The molecular weight excluding hydrogens is 310 g/mol. The second-order valence-corrected chi connectivity index (χ2v) is 7.03. The number of hydrogen-bond donors (Lipinski definition) is 1. The number of likely N-dealkylation sites (tertiary alicyclic amines) is 1. The quantitative estimate of drug-likeness (QED) is 0.784. The van der Waals surface area contributed by atoms with Crippen molar-refractivity contribution in [1.82, 2.24) is 4.90 Å². The van der Waals surface area contributed by atoms with Crippen LogP contribution in [0.3, 0.4) is 0 Å². The van der Waals surface area contributed by atoms with Gasteiger partial charge in [0.15, 0.2) is 17.8 Å². The van der Waals surface area contributed by atoms with Gasteiger partial charge in [0, 0.05) is 25.3 Å². The lowest BCUT2D eigenvalue weighted by Gasteiger charge is -2.46. The second-order valence-electron chi connectivity index (χ2n) is 7.03. The van der Waals surface area contributed by atoms with E-state index >= 15 is 0 Å². The van der Waals surface area contributed by atoms with Gasteiger partial charge in [0.2, 0.25) is 6.79 Å². The van der Waals surface area contributed by atoms with Gasteiger partial charge in [-0.2, -0.15) is 0 Å². The predicted octanol–water partition coefficient (Wildman–Crippen LogP) is 1.33. The van der Waals surface area contributed by atoms with Gasteiger partial charge >= 0.3 is 0 Å². The highest BCUT2D eigenvalue weighted by molar-refractivity contribution is 5.56. The molecule has 1 N–H and O–H groups in total. The number of ether oxygens (including phenoxy) is 4. The summed E-state index contributed by atoms with van der Waals surface area (Å²) in [7, 11) is 3.85. The first-order valence-electron chi connectivity index (χ1n) is 8.33. The van der Waals surface area contributed by atoms with Gasteiger partial charge in [-0.1, -0.05) is 12.2 Å². The average molecular weight is 331 g/mol. The zero-order valence-corrected chi connectivity index (χ0v) is 13.8. The lowest BCUT2D eigenvalue weighted by atomic mass is 9.65. The number of benzene rings is 1. The highest BCUT2D eigenvalue weighted by Gasteiger charge is 2.59. The van der Waals surface area contributed by atoms with Crippen molar-refractivity contribution in [2.75, 3.05) is 27.5 Å². The molecule has 6 nitrogen and oxygen atoms in total. The molecule has 0 radical (unpaired) electrons. The third-order valence-electron chi connectivity index (χ3n) is 5.99. The van der Waals surface area contributed by atoms with Crippen molar-refractivity contribution in [1.29, 1.82) is 0 Å². The zero-order chi connectivity index (χ0) is 16.5. The number of aliphatic hydroxyl groups is 1. The summed E-state index contributed by atoms with van der Waals surface area (Å²) in [5.41, 5.74) is 1.56. The van der Waals surface area contributed by atoms with Gasteiger partial charge in [0.05, 0.1) is 17.6 Å². The van der Waals surface area contributed by atoms with Crippen molar-refractivity contribution >= 4 is 0 Å². The summed E-state index contributed by atoms with van der Waals surface area (Å²) in [6, 6.07) is 4.14. The van der Waals surface area contributed by atoms with E-state index in [1.165, 1.54) is 0 Å². The van der Waals surface area contributed by atoms with Crippen LogP contribution >= 0.6 is 0 Å². The Morgan fingerprint density at radius 2 is 2.08 bits per heavy atom. The van der Waals surface area contributed by atoms with E-state index in [2.05, 4.69) is 24.1 Å². The molecule has 128 valence electrons. The Morgan fingerprint density at radius 3 is 2.88 bits per heavy atom. The van der Waals surface area contributed by atoms with Crippen LogP contribution in [0, 0.1) is 0 Å². The van der Waals surface area contributed by atoms with Gasteiger partial charge in [-0.3, -0.25) is 4.90 Å². The van der Waals surface area contributed by atoms with E-state index in [1.807, 2.05) is 12.1 Å². The SMILES string of the molecule is CO[C@@H]1C=CC23c4cc5c(cc4C(O)O[C@H]2CN(C)[C@H]3C1)OCO5. The van der Waals surface area contributed by atoms with Crippen LogP contribution in [0.4, 0.5) is 0 Å². The second kappa shape index (κ2) is 4.95. The number of hydrogen-bond acceptors (Lipinski definition) is 6. The molecule has 1 spiro atoms. The van der Waals surface area contributed by atoms with Crippen molar-refractivity contribution in [3.8, 4) is 11.5 Å². The Kier molecular flexibility index (Phi) is 3.04. The molecule has 0 amide bonds. The van der Waals surface area contributed by atoms with Crippen LogP contribution in [0.2, 0.25) is 0 Å². The average Bonchev–Trinajstić information content (AvgIpc) is 3.16. The number of methoxy groups -OCH3 is 1. The van der Waals surface area contributed by atoms with Crippen molar-refractivity contribution in [3.63, 3.8) is 0 Å². The number of nitrogens with zero attached hydrogens (tertiary/aromatic N) is 1. The molecule has 6 heteroatoms. The number of rotatable bonds is 1. The normalized spacial score (nSPS) is 39.5. The van der Waals surface area contributed by atoms with E-state index in [0.29, 0.717) is 5.75 Å². The summed E-state index contributed by atoms with van der Waals surface area (Å²) in [4.78, 5) is 2.31. The van der Waals surface area contributed by atoms with E-state index in [-0.39, 0.29) is 30.5 Å². The van der Waals surface area contributed by atoms with E-state index in [9.17, 15) is 5.11 Å². The molecule has 5 atom stereocenters. The molecule has 5 rings (SSSR count). The molecule has 1 aliphatic carbocycles. The van der Waals surface area contributed by atoms with E-state index in [0.717, 1.165) is 29.8 Å². The monoisotopic (exact) mass is 331 g/mol. The van der Waals surface area contributed by atoms with Crippen LogP contribution in [0.25, 0.3) is 0 Å². The van der Waals surface area contributed by atoms with Gasteiger partial charge in [0.25, 0.3) is 0 Å². The maximum absolute atomic E-state index is 10.5. The molecule has 0 bridgehead atoms. The van der Waals surface area contributed by atoms with E-state index < -0.39 is 6.29 Å². The van der Waals surface area contributed by atoms with Crippen molar-refractivity contribution in [3.05, 3.63) is 35.4 Å². The molecule has 24 heavy (non-hydrogen) atoms. The van der Waals surface area contributed by atoms with Crippen molar-refractivity contribution in [2.24, 2.45) is 0 Å². The van der Waals surface area contributed by atoms with Crippen molar-refractivity contribution < 1.29 is 24.1 Å². The van der Waals surface area contributed by atoms with Crippen LogP contribution in [-0.4, -0.2) is 55.8 Å². The molecule has 1 aromatic carbocycles. The fraction of sp³-hybridized carbons (Fsp3) is 0.556. The molecule has 2 unspecified atom stereocenters. The number of aliphatic hydroxyl groups excluding tert-OH is 1. The maximum Gasteiger partial charge on any atom is 0.231 e. The summed E-state index contributed by atoms with van der Waals surface area (Å²) in [6.45, 7) is 0.993. The summed E-state index contributed by atoms with van der Waals surface area (Å²) in [6.07, 6.45) is 4.31. The highest BCUT2D eigenvalue weighted by atomic mass is 16.7. The predicted molar refractivity (Wildman–Crippen MR) is 85.0 cm³/mol. The minimum Gasteiger partial charge on any atom is -0.454 e. The fourth-order valence-corrected chi connectivity index (χ4v) is 4.82. The van der Waals surface area contributed by atoms with Gasteiger partial charge in [0.1, 0.15) is 0 Å². The molecule has 3 aliphatic heterocycles.